The van der Waals surface area contributed by atoms with Gasteiger partial charge in [-0.25, -0.2) is 0 Å². The number of carboxylic acids is 1. The first-order valence-corrected chi connectivity index (χ1v) is 8.76. The van der Waals surface area contributed by atoms with E-state index in [1.54, 1.807) is 11.8 Å². The summed E-state index contributed by atoms with van der Waals surface area (Å²) in [5.74, 6) is -1.07. The zero-order valence-electron chi connectivity index (χ0n) is 14.2. The van der Waals surface area contributed by atoms with Crippen LogP contribution in [-0.4, -0.2) is 21.7 Å². The Morgan fingerprint density at radius 1 is 1.30 bits per heavy atom. The summed E-state index contributed by atoms with van der Waals surface area (Å²) in [7, 11) is 0. The molecule has 2 rings (SSSR count). The van der Waals surface area contributed by atoms with Gasteiger partial charge in [0.1, 0.15) is 0 Å². The fourth-order valence-electron chi connectivity index (χ4n) is 2.76. The first-order valence-electron chi connectivity index (χ1n) is 7.94. The predicted octanol–water partition coefficient (Wildman–Crippen LogP) is 4.47. The number of benzene rings is 1. The molecule has 0 aliphatic heterocycles. The molecule has 23 heavy (non-hydrogen) atoms. The molecule has 0 saturated heterocycles. The average Bonchev–Trinajstić information content (AvgIpc) is 2.35. The Balaban J connectivity index is 2.02. The SMILES string of the molecule is Cc1cc(SC(C)(C)C)ccc1NC(=O)CC1(C(=O)O)CCC1. The molecule has 1 aromatic carbocycles. The Morgan fingerprint density at radius 3 is 2.39 bits per heavy atom. The summed E-state index contributed by atoms with van der Waals surface area (Å²) in [5, 5.41) is 12.2. The van der Waals surface area contributed by atoms with Crippen molar-refractivity contribution in [1.82, 2.24) is 0 Å². The minimum atomic E-state index is -0.854. The fraction of sp³-hybridized carbons (Fsp3) is 0.556. The van der Waals surface area contributed by atoms with Crippen LogP contribution in [0.3, 0.4) is 0 Å². The number of amides is 1. The second-order valence-electron chi connectivity index (χ2n) is 7.36. The second kappa shape index (κ2) is 6.56. The summed E-state index contributed by atoms with van der Waals surface area (Å²) in [6.45, 7) is 8.44. The van der Waals surface area contributed by atoms with Gasteiger partial charge in [-0.2, -0.15) is 0 Å². The van der Waals surface area contributed by atoms with E-state index in [1.165, 1.54) is 0 Å². The number of carbonyl (C=O) groups excluding carboxylic acids is 1. The second-order valence-corrected chi connectivity index (χ2v) is 9.26. The van der Waals surface area contributed by atoms with Crippen molar-refractivity contribution in [2.24, 2.45) is 5.41 Å². The molecule has 0 heterocycles. The number of aryl methyl sites for hydroxylation is 1. The topological polar surface area (TPSA) is 66.4 Å². The van der Waals surface area contributed by atoms with Crippen molar-refractivity contribution in [1.29, 1.82) is 0 Å². The van der Waals surface area contributed by atoms with E-state index in [0.29, 0.717) is 12.8 Å². The van der Waals surface area contributed by atoms with Crippen LogP contribution in [0.1, 0.15) is 52.0 Å². The van der Waals surface area contributed by atoms with Crippen LogP contribution in [0.2, 0.25) is 0 Å². The van der Waals surface area contributed by atoms with E-state index in [-0.39, 0.29) is 17.1 Å². The molecule has 1 fully saturated rings. The number of carboxylic acid groups (broad SMARTS) is 1. The Hall–Kier alpha value is -1.49. The van der Waals surface area contributed by atoms with E-state index in [9.17, 15) is 14.7 Å². The molecule has 0 unspecified atom stereocenters. The molecule has 0 spiro atoms. The van der Waals surface area contributed by atoms with Crippen molar-refractivity contribution in [3.8, 4) is 0 Å². The highest BCUT2D eigenvalue weighted by Gasteiger charge is 2.45. The molecule has 126 valence electrons. The summed E-state index contributed by atoms with van der Waals surface area (Å²) in [6.07, 6.45) is 2.13. The fourth-order valence-corrected chi connectivity index (χ4v) is 3.84. The lowest BCUT2D eigenvalue weighted by molar-refractivity contribution is -0.157. The number of carbonyl (C=O) groups is 2. The number of aliphatic carboxylic acids is 1. The molecule has 1 amide bonds. The van der Waals surface area contributed by atoms with Gasteiger partial charge in [-0.15, -0.1) is 11.8 Å². The van der Waals surface area contributed by atoms with E-state index >= 15 is 0 Å². The highest BCUT2D eigenvalue weighted by Crippen LogP contribution is 2.44. The van der Waals surface area contributed by atoms with Crippen LogP contribution in [0.15, 0.2) is 23.1 Å². The van der Waals surface area contributed by atoms with Crippen LogP contribution < -0.4 is 5.32 Å². The first kappa shape index (κ1) is 17.9. The lowest BCUT2D eigenvalue weighted by Gasteiger charge is -2.36. The minimum Gasteiger partial charge on any atom is -0.481 e. The zero-order valence-corrected chi connectivity index (χ0v) is 15.0. The van der Waals surface area contributed by atoms with E-state index in [4.69, 9.17) is 0 Å². The highest BCUT2D eigenvalue weighted by molar-refractivity contribution is 8.00. The summed E-state index contributed by atoms with van der Waals surface area (Å²) >= 11 is 1.78. The number of hydrogen-bond donors (Lipinski definition) is 2. The van der Waals surface area contributed by atoms with Crippen LogP contribution in [0.25, 0.3) is 0 Å². The summed E-state index contributed by atoms with van der Waals surface area (Å²) in [5.41, 5.74) is 0.902. The Bertz CT molecular complexity index is 615. The van der Waals surface area contributed by atoms with Gasteiger partial charge < -0.3 is 10.4 Å². The number of rotatable bonds is 5. The van der Waals surface area contributed by atoms with Gasteiger partial charge in [-0.3, -0.25) is 9.59 Å². The number of anilines is 1. The van der Waals surface area contributed by atoms with E-state index in [1.807, 2.05) is 19.1 Å². The van der Waals surface area contributed by atoms with Gasteiger partial charge in [-0.05, 0) is 43.5 Å². The number of nitrogens with one attached hydrogen (secondary N) is 1. The van der Waals surface area contributed by atoms with Crippen LogP contribution in [-0.2, 0) is 9.59 Å². The maximum Gasteiger partial charge on any atom is 0.310 e. The van der Waals surface area contributed by atoms with E-state index < -0.39 is 11.4 Å². The minimum absolute atomic E-state index is 0.0558. The Labute approximate surface area is 142 Å². The van der Waals surface area contributed by atoms with Crippen LogP contribution >= 0.6 is 11.8 Å². The molecule has 0 atom stereocenters. The first-order chi connectivity index (χ1) is 10.6. The van der Waals surface area contributed by atoms with Gasteiger partial charge >= 0.3 is 5.97 Å². The molecule has 2 N–H and O–H groups in total. The molecular weight excluding hydrogens is 310 g/mol. The normalized spacial score (nSPS) is 16.5. The molecule has 0 bridgehead atoms. The zero-order chi connectivity index (χ0) is 17.3. The molecular formula is C18H25NO3S. The van der Waals surface area contributed by atoms with Gasteiger partial charge in [0.25, 0.3) is 0 Å². The van der Waals surface area contributed by atoms with Crippen molar-refractivity contribution in [2.75, 3.05) is 5.32 Å². The standard InChI is InChI=1S/C18H25NO3S/c1-12-10-13(23-17(2,3)4)6-7-14(12)19-15(20)11-18(16(21)22)8-5-9-18/h6-7,10H,5,8-9,11H2,1-4H3,(H,19,20)(H,21,22). The third kappa shape index (κ3) is 4.50. The van der Waals surface area contributed by atoms with E-state index in [2.05, 4.69) is 32.2 Å². The molecule has 1 aliphatic carbocycles. The van der Waals surface area contributed by atoms with Crippen LogP contribution in [0.5, 0.6) is 0 Å². The summed E-state index contributed by atoms with van der Waals surface area (Å²) in [6, 6.07) is 5.95. The number of thioether (sulfide) groups is 1. The Morgan fingerprint density at radius 2 is 1.96 bits per heavy atom. The molecule has 0 radical (unpaired) electrons. The van der Waals surface area contributed by atoms with Crippen molar-refractivity contribution < 1.29 is 14.7 Å². The smallest absolute Gasteiger partial charge is 0.310 e. The van der Waals surface area contributed by atoms with Crippen LogP contribution in [0, 0.1) is 12.3 Å². The quantitative estimate of drug-likeness (QED) is 0.779. The summed E-state index contributed by atoms with van der Waals surface area (Å²) in [4.78, 5) is 24.7. The van der Waals surface area contributed by atoms with Crippen molar-refractivity contribution in [2.45, 2.75) is 63.0 Å². The van der Waals surface area contributed by atoms with Gasteiger partial charge in [0.15, 0.2) is 0 Å². The maximum atomic E-state index is 12.2. The monoisotopic (exact) mass is 335 g/mol. The van der Waals surface area contributed by atoms with Gasteiger partial charge in [0, 0.05) is 21.8 Å². The van der Waals surface area contributed by atoms with Crippen LogP contribution in [0.4, 0.5) is 5.69 Å². The predicted molar refractivity (Wildman–Crippen MR) is 94.0 cm³/mol. The Kier molecular flexibility index (Phi) is 5.09. The van der Waals surface area contributed by atoms with Crippen molar-refractivity contribution >= 4 is 29.3 Å². The van der Waals surface area contributed by atoms with Crippen molar-refractivity contribution in [3.05, 3.63) is 23.8 Å². The highest BCUT2D eigenvalue weighted by atomic mass is 32.2. The molecule has 1 aromatic rings. The molecule has 0 aromatic heterocycles. The third-order valence-electron chi connectivity index (χ3n) is 4.16. The number of hydrogen-bond acceptors (Lipinski definition) is 3. The molecule has 4 nitrogen and oxygen atoms in total. The average molecular weight is 335 g/mol. The van der Waals surface area contributed by atoms with Gasteiger partial charge in [0.2, 0.25) is 5.91 Å². The molecule has 1 aliphatic rings. The lowest BCUT2D eigenvalue weighted by atomic mass is 9.66. The third-order valence-corrected chi connectivity index (χ3v) is 5.26. The lowest BCUT2D eigenvalue weighted by Crippen LogP contribution is -2.41. The molecule has 5 heteroatoms. The maximum absolute atomic E-state index is 12.2. The van der Waals surface area contributed by atoms with Crippen molar-refractivity contribution in [3.63, 3.8) is 0 Å². The van der Waals surface area contributed by atoms with Gasteiger partial charge in [-0.1, -0.05) is 27.2 Å². The van der Waals surface area contributed by atoms with Gasteiger partial charge in [0.05, 0.1) is 5.41 Å². The molecule has 1 saturated carbocycles. The van der Waals surface area contributed by atoms with E-state index in [0.717, 1.165) is 22.6 Å². The largest absolute Gasteiger partial charge is 0.481 e. The summed E-state index contributed by atoms with van der Waals surface area (Å²) < 4.78 is 0.134.